The summed E-state index contributed by atoms with van der Waals surface area (Å²) >= 11 is 0. The van der Waals surface area contributed by atoms with E-state index in [0.717, 1.165) is 18.3 Å². The van der Waals surface area contributed by atoms with Crippen LogP contribution >= 0.6 is 0 Å². The molecule has 0 aromatic heterocycles. The molecule has 0 spiro atoms. The third-order valence-electron chi connectivity index (χ3n) is 2.81. The molecule has 18 heavy (non-hydrogen) atoms. The van der Waals surface area contributed by atoms with Gasteiger partial charge < -0.3 is 0 Å². The van der Waals surface area contributed by atoms with Crippen LogP contribution in [0.15, 0.2) is 54.6 Å². The molecule has 0 bridgehead atoms. The molecule has 2 aromatic rings. The van der Waals surface area contributed by atoms with Gasteiger partial charge in [-0.1, -0.05) is 61.5 Å². The van der Waals surface area contributed by atoms with Crippen LogP contribution in [-0.2, 0) is 0 Å². The van der Waals surface area contributed by atoms with Crippen molar-refractivity contribution in [1.29, 1.82) is 0 Å². The van der Waals surface area contributed by atoms with E-state index in [4.69, 9.17) is 0 Å². The lowest BCUT2D eigenvalue weighted by atomic mass is 10.0. The largest absolute Gasteiger partial charge is 0.298 e. The monoisotopic (exact) mass is 236 g/mol. The number of hydrogen-bond acceptors (Lipinski definition) is 1. The van der Waals surface area contributed by atoms with Crippen molar-refractivity contribution in [3.8, 4) is 11.1 Å². The van der Waals surface area contributed by atoms with E-state index in [1.165, 1.54) is 11.1 Å². The van der Waals surface area contributed by atoms with Gasteiger partial charge in [-0.3, -0.25) is 4.79 Å². The number of allylic oxidation sites excluding steroid dienone is 1. The first-order valence-electron chi connectivity index (χ1n) is 6.15. The van der Waals surface area contributed by atoms with E-state index in [-0.39, 0.29) is 0 Å². The second-order valence-corrected chi connectivity index (χ2v) is 4.18. The first-order chi connectivity index (χ1) is 8.83. The Bertz CT molecular complexity index is 550. The van der Waals surface area contributed by atoms with Crippen molar-refractivity contribution >= 4 is 12.4 Å². The van der Waals surface area contributed by atoms with Gasteiger partial charge in [0.05, 0.1) is 0 Å². The molecule has 0 aliphatic carbocycles. The molecule has 1 nitrogen and oxygen atoms in total. The van der Waals surface area contributed by atoms with Gasteiger partial charge in [0.2, 0.25) is 0 Å². The van der Waals surface area contributed by atoms with Crippen molar-refractivity contribution in [3.05, 3.63) is 65.7 Å². The molecular weight excluding hydrogens is 220 g/mol. The SMILES string of the molecule is CCC=Cc1cccc(-c2ccc(C=O)cc2)c1. The highest BCUT2D eigenvalue weighted by molar-refractivity contribution is 5.77. The molecule has 0 unspecified atom stereocenters. The number of rotatable bonds is 4. The Kier molecular flexibility index (Phi) is 4.08. The predicted molar refractivity (Wildman–Crippen MR) is 76.6 cm³/mol. The lowest BCUT2D eigenvalue weighted by molar-refractivity contribution is 0.112. The molecule has 0 saturated heterocycles. The fraction of sp³-hybridized carbons (Fsp3) is 0.118. The maximum atomic E-state index is 10.6. The summed E-state index contributed by atoms with van der Waals surface area (Å²) < 4.78 is 0. The predicted octanol–water partition coefficient (Wildman–Crippen LogP) is 4.59. The fourth-order valence-electron chi connectivity index (χ4n) is 1.83. The van der Waals surface area contributed by atoms with E-state index in [1.54, 1.807) is 0 Å². The van der Waals surface area contributed by atoms with Crippen molar-refractivity contribution < 1.29 is 4.79 Å². The van der Waals surface area contributed by atoms with Gasteiger partial charge >= 0.3 is 0 Å². The van der Waals surface area contributed by atoms with Gasteiger partial charge in [-0.2, -0.15) is 0 Å². The third kappa shape index (κ3) is 2.95. The van der Waals surface area contributed by atoms with Gasteiger partial charge in [0.1, 0.15) is 6.29 Å². The van der Waals surface area contributed by atoms with E-state index in [2.05, 4.69) is 43.3 Å². The van der Waals surface area contributed by atoms with E-state index in [9.17, 15) is 4.79 Å². The zero-order valence-electron chi connectivity index (χ0n) is 10.5. The summed E-state index contributed by atoms with van der Waals surface area (Å²) in [5.74, 6) is 0. The second-order valence-electron chi connectivity index (χ2n) is 4.18. The Morgan fingerprint density at radius 2 is 1.72 bits per heavy atom. The number of hydrogen-bond donors (Lipinski definition) is 0. The van der Waals surface area contributed by atoms with Crippen LogP contribution in [0.1, 0.15) is 29.3 Å². The minimum absolute atomic E-state index is 0.709. The van der Waals surface area contributed by atoms with Crippen LogP contribution in [0.3, 0.4) is 0 Å². The van der Waals surface area contributed by atoms with Crippen molar-refractivity contribution in [2.45, 2.75) is 13.3 Å². The highest BCUT2D eigenvalue weighted by Crippen LogP contribution is 2.21. The molecule has 2 rings (SSSR count). The van der Waals surface area contributed by atoms with Gasteiger partial charge in [0, 0.05) is 5.56 Å². The number of benzene rings is 2. The quantitative estimate of drug-likeness (QED) is 0.709. The second kappa shape index (κ2) is 5.97. The maximum Gasteiger partial charge on any atom is 0.150 e. The summed E-state index contributed by atoms with van der Waals surface area (Å²) in [6.07, 6.45) is 6.18. The van der Waals surface area contributed by atoms with Gasteiger partial charge in [-0.05, 0) is 29.2 Å². The lowest BCUT2D eigenvalue weighted by Gasteiger charge is -2.03. The fourth-order valence-corrected chi connectivity index (χ4v) is 1.83. The summed E-state index contributed by atoms with van der Waals surface area (Å²) in [6, 6.07) is 16.0. The molecule has 90 valence electrons. The summed E-state index contributed by atoms with van der Waals surface area (Å²) in [5, 5.41) is 0. The topological polar surface area (TPSA) is 17.1 Å². The van der Waals surface area contributed by atoms with Crippen molar-refractivity contribution in [3.63, 3.8) is 0 Å². The highest BCUT2D eigenvalue weighted by atomic mass is 16.1. The normalized spacial score (nSPS) is 10.7. The first-order valence-corrected chi connectivity index (χ1v) is 6.15. The van der Waals surface area contributed by atoms with Crippen molar-refractivity contribution in [2.75, 3.05) is 0 Å². The van der Waals surface area contributed by atoms with Crippen molar-refractivity contribution in [2.24, 2.45) is 0 Å². The zero-order valence-corrected chi connectivity index (χ0v) is 10.5. The average molecular weight is 236 g/mol. The summed E-state index contributed by atoms with van der Waals surface area (Å²) in [4.78, 5) is 10.6. The van der Waals surface area contributed by atoms with Gasteiger partial charge in [0.25, 0.3) is 0 Å². The lowest BCUT2D eigenvalue weighted by Crippen LogP contribution is -1.82. The van der Waals surface area contributed by atoms with Gasteiger partial charge in [-0.25, -0.2) is 0 Å². The minimum atomic E-state index is 0.709. The van der Waals surface area contributed by atoms with E-state index >= 15 is 0 Å². The zero-order chi connectivity index (χ0) is 12.8. The molecule has 0 amide bonds. The van der Waals surface area contributed by atoms with Crippen LogP contribution in [0.4, 0.5) is 0 Å². The molecule has 0 aliphatic rings. The molecular formula is C17H16O. The molecule has 0 N–H and O–H groups in total. The third-order valence-corrected chi connectivity index (χ3v) is 2.81. The van der Waals surface area contributed by atoms with Crippen molar-refractivity contribution in [1.82, 2.24) is 0 Å². The van der Waals surface area contributed by atoms with Crippen LogP contribution in [-0.4, -0.2) is 6.29 Å². The molecule has 0 saturated carbocycles. The smallest absolute Gasteiger partial charge is 0.150 e. The molecule has 0 fully saturated rings. The number of carbonyl (C=O) groups excluding carboxylic acids is 1. The van der Waals surface area contributed by atoms with Crippen LogP contribution < -0.4 is 0 Å². The standard InChI is InChI=1S/C17H16O/c1-2-3-5-14-6-4-7-17(12-14)16-10-8-15(13-18)9-11-16/h3-13H,2H2,1H3. The van der Waals surface area contributed by atoms with E-state index < -0.39 is 0 Å². The molecule has 0 aliphatic heterocycles. The van der Waals surface area contributed by atoms with Crippen LogP contribution in [0.25, 0.3) is 17.2 Å². The molecule has 0 heterocycles. The Morgan fingerprint density at radius 3 is 2.39 bits per heavy atom. The Hall–Kier alpha value is -2.15. The summed E-state index contributed by atoms with van der Waals surface area (Å²) in [6.45, 7) is 2.12. The van der Waals surface area contributed by atoms with E-state index in [0.29, 0.717) is 5.56 Å². The van der Waals surface area contributed by atoms with Crippen LogP contribution in [0.2, 0.25) is 0 Å². The molecule has 1 heteroatoms. The summed E-state index contributed by atoms with van der Waals surface area (Å²) in [5.41, 5.74) is 4.22. The van der Waals surface area contributed by atoms with E-state index in [1.807, 2.05) is 24.3 Å². The molecule has 2 aromatic carbocycles. The summed E-state index contributed by atoms with van der Waals surface area (Å²) in [7, 11) is 0. The van der Waals surface area contributed by atoms with Crippen LogP contribution in [0, 0.1) is 0 Å². The minimum Gasteiger partial charge on any atom is -0.298 e. The Labute approximate surface area is 108 Å². The van der Waals surface area contributed by atoms with Gasteiger partial charge in [0.15, 0.2) is 0 Å². The maximum absolute atomic E-state index is 10.6. The molecule has 0 radical (unpaired) electrons. The average Bonchev–Trinajstić information content (AvgIpc) is 2.45. The van der Waals surface area contributed by atoms with Crippen LogP contribution in [0.5, 0.6) is 0 Å². The number of aldehydes is 1. The number of carbonyl (C=O) groups is 1. The Morgan fingerprint density at radius 1 is 0.944 bits per heavy atom. The Balaban J connectivity index is 2.31. The highest BCUT2D eigenvalue weighted by Gasteiger charge is 1.98. The molecule has 0 atom stereocenters. The first kappa shape index (κ1) is 12.3. The van der Waals surface area contributed by atoms with Gasteiger partial charge in [-0.15, -0.1) is 0 Å².